The van der Waals surface area contributed by atoms with Gasteiger partial charge in [-0.25, -0.2) is 13.4 Å². The van der Waals surface area contributed by atoms with E-state index in [1.54, 1.807) is 12.1 Å². The highest BCUT2D eigenvalue weighted by molar-refractivity contribution is 7.91. The number of nitrogens with zero attached hydrogens (tertiary/aromatic N) is 2. The van der Waals surface area contributed by atoms with Crippen molar-refractivity contribution in [1.82, 2.24) is 9.55 Å². The summed E-state index contributed by atoms with van der Waals surface area (Å²) in [7, 11) is -3.30. The molecule has 0 spiro atoms. The molecule has 1 aromatic heterocycles. The van der Waals surface area contributed by atoms with Gasteiger partial charge in [-0.05, 0) is 30.4 Å². The van der Waals surface area contributed by atoms with E-state index in [-0.39, 0.29) is 4.90 Å². The van der Waals surface area contributed by atoms with Gasteiger partial charge < -0.3 is 10.3 Å². The first-order valence-corrected chi connectivity index (χ1v) is 9.22. The molecule has 0 saturated heterocycles. The van der Waals surface area contributed by atoms with E-state index in [0.717, 1.165) is 12.1 Å². The molecule has 0 radical (unpaired) electrons. The average Bonchev–Trinajstić information content (AvgIpc) is 2.93. The second-order valence-electron chi connectivity index (χ2n) is 6.14. The van der Waals surface area contributed by atoms with Crippen molar-refractivity contribution in [3.05, 3.63) is 18.2 Å². The van der Waals surface area contributed by atoms with Crippen molar-refractivity contribution in [3.8, 4) is 0 Å². The number of anilines is 1. The van der Waals surface area contributed by atoms with Gasteiger partial charge in [-0.3, -0.25) is 0 Å². The first-order valence-electron chi connectivity index (χ1n) is 7.32. The fourth-order valence-electron chi connectivity index (χ4n) is 3.36. The van der Waals surface area contributed by atoms with Crippen LogP contribution in [-0.2, 0) is 16.4 Å². The molecule has 2 atom stereocenters. The molecule has 1 heterocycles. The number of fused-ring (bicyclic) bond motifs is 1. The lowest BCUT2D eigenvalue weighted by Gasteiger charge is -2.17. The Balaban J connectivity index is 2.10. The molecule has 1 aliphatic rings. The summed E-state index contributed by atoms with van der Waals surface area (Å²) in [6.07, 6.45) is 4.92. The van der Waals surface area contributed by atoms with Gasteiger partial charge in [0.25, 0.3) is 0 Å². The van der Waals surface area contributed by atoms with E-state index in [9.17, 15) is 8.42 Å². The van der Waals surface area contributed by atoms with Crippen LogP contribution in [-0.4, -0.2) is 24.2 Å². The lowest BCUT2D eigenvalue weighted by molar-refractivity contribution is 0.370. The summed E-state index contributed by atoms with van der Waals surface area (Å²) >= 11 is 0. The predicted molar refractivity (Wildman–Crippen MR) is 83.8 cm³/mol. The summed E-state index contributed by atoms with van der Waals surface area (Å²) in [5.41, 5.74) is 7.35. The fraction of sp³-hybridized carbons (Fsp3) is 0.533. The fourth-order valence-corrected chi connectivity index (χ4v) is 4.19. The molecular weight excluding hydrogens is 286 g/mol. The van der Waals surface area contributed by atoms with Gasteiger partial charge in [0.1, 0.15) is 5.52 Å². The topological polar surface area (TPSA) is 78.0 Å². The number of benzene rings is 1. The molecule has 2 unspecified atom stereocenters. The number of aromatic nitrogens is 2. The molecule has 0 amide bonds. The van der Waals surface area contributed by atoms with Crippen LogP contribution in [0.2, 0.25) is 0 Å². The van der Waals surface area contributed by atoms with E-state index in [1.807, 2.05) is 10.6 Å². The first-order chi connectivity index (χ1) is 9.88. The maximum absolute atomic E-state index is 11.9. The first kappa shape index (κ1) is 14.4. The van der Waals surface area contributed by atoms with Crippen molar-refractivity contribution in [2.45, 2.75) is 37.6 Å². The highest BCUT2D eigenvalue weighted by Crippen LogP contribution is 2.34. The quantitative estimate of drug-likeness (QED) is 0.945. The second kappa shape index (κ2) is 5.02. The molecule has 2 N–H and O–H groups in total. The highest BCUT2D eigenvalue weighted by Gasteiger charge is 2.26. The number of para-hydroxylation sites is 1. The number of nitrogen functional groups attached to an aromatic ring is 1. The van der Waals surface area contributed by atoms with Crippen LogP contribution in [0.1, 0.15) is 26.2 Å². The minimum Gasteiger partial charge on any atom is -0.369 e. The zero-order chi connectivity index (χ0) is 15.2. The monoisotopic (exact) mass is 307 g/mol. The molecule has 1 saturated carbocycles. The Morgan fingerprint density at radius 3 is 2.76 bits per heavy atom. The van der Waals surface area contributed by atoms with Crippen LogP contribution in [0.15, 0.2) is 23.1 Å². The highest BCUT2D eigenvalue weighted by atomic mass is 32.2. The van der Waals surface area contributed by atoms with Gasteiger partial charge >= 0.3 is 0 Å². The molecule has 21 heavy (non-hydrogen) atoms. The maximum atomic E-state index is 11.9. The van der Waals surface area contributed by atoms with E-state index >= 15 is 0 Å². The van der Waals surface area contributed by atoms with Gasteiger partial charge in [0.15, 0.2) is 9.84 Å². The third kappa shape index (κ3) is 2.52. The van der Waals surface area contributed by atoms with Crippen molar-refractivity contribution >= 4 is 26.8 Å². The van der Waals surface area contributed by atoms with Gasteiger partial charge in [-0.2, -0.15) is 0 Å². The van der Waals surface area contributed by atoms with Crippen LogP contribution < -0.4 is 5.73 Å². The lowest BCUT2D eigenvalue weighted by Crippen LogP contribution is -2.14. The Hall–Kier alpha value is -1.56. The van der Waals surface area contributed by atoms with Gasteiger partial charge in [0.2, 0.25) is 5.95 Å². The van der Waals surface area contributed by atoms with Crippen molar-refractivity contribution in [1.29, 1.82) is 0 Å². The Morgan fingerprint density at radius 2 is 2.14 bits per heavy atom. The normalized spacial score (nSPS) is 23.0. The Morgan fingerprint density at radius 1 is 1.38 bits per heavy atom. The van der Waals surface area contributed by atoms with Crippen molar-refractivity contribution in [3.63, 3.8) is 0 Å². The molecule has 0 aliphatic heterocycles. The second-order valence-corrected chi connectivity index (χ2v) is 8.13. The smallest absolute Gasteiger partial charge is 0.201 e. The van der Waals surface area contributed by atoms with Gasteiger partial charge in [-0.1, -0.05) is 25.8 Å². The van der Waals surface area contributed by atoms with Crippen molar-refractivity contribution in [2.24, 2.45) is 11.8 Å². The standard InChI is InChI=1S/C15H21N3O2S/c1-10-5-3-6-11(10)9-18-12-7-4-8-13(21(2,19)20)14(12)17-15(18)16/h4,7-8,10-11H,3,5-6,9H2,1-2H3,(H2,16,17). The lowest BCUT2D eigenvalue weighted by atomic mass is 9.98. The minimum absolute atomic E-state index is 0.255. The predicted octanol–water partition coefficient (Wildman–Crippen LogP) is 2.46. The summed E-state index contributed by atoms with van der Waals surface area (Å²) in [4.78, 5) is 4.56. The van der Waals surface area contributed by atoms with E-state index < -0.39 is 9.84 Å². The van der Waals surface area contributed by atoms with Gasteiger partial charge in [0.05, 0.1) is 10.4 Å². The van der Waals surface area contributed by atoms with Crippen LogP contribution in [0.5, 0.6) is 0 Å². The Labute approximate surface area is 125 Å². The number of imidazole rings is 1. The zero-order valence-corrected chi connectivity index (χ0v) is 13.2. The van der Waals surface area contributed by atoms with E-state index in [4.69, 9.17) is 5.73 Å². The third-order valence-corrected chi connectivity index (χ3v) is 5.76. The molecular formula is C15H21N3O2S. The van der Waals surface area contributed by atoms with E-state index in [0.29, 0.717) is 23.3 Å². The molecule has 5 nitrogen and oxygen atoms in total. The molecule has 0 bridgehead atoms. The van der Waals surface area contributed by atoms with Crippen LogP contribution in [0.4, 0.5) is 5.95 Å². The molecule has 6 heteroatoms. The summed E-state index contributed by atoms with van der Waals surface area (Å²) < 4.78 is 25.7. The van der Waals surface area contributed by atoms with Crippen molar-refractivity contribution in [2.75, 3.05) is 12.0 Å². The van der Waals surface area contributed by atoms with Crippen molar-refractivity contribution < 1.29 is 8.42 Å². The number of nitrogens with two attached hydrogens (primary N) is 1. The summed E-state index contributed by atoms with van der Waals surface area (Å²) in [6, 6.07) is 5.24. The molecule has 1 aliphatic carbocycles. The average molecular weight is 307 g/mol. The van der Waals surface area contributed by atoms with Crippen LogP contribution in [0.25, 0.3) is 11.0 Å². The molecule has 2 aromatic rings. The zero-order valence-electron chi connectivity index (χ0n) is 12.4. The largest absolute Gasteiger partial charge is 0.369 e. The Kier molecular flexibility index (Phi) is 3.43. The molecule has 114 valence electrons. The molecule has 1 fully saturated rings. The summed E-state index contributed by atoms with van der Waals surface area (Å²) in [5, 5.41) is 0. The summed E-state index contributed by atoms with van der Waals surface area (Å²) in [6.45, 7) is 3.09. The molecule has 3 rings (SSSR count). The van der Waals surface area contributed by atoms with Crippen LogP contribution >= 0.6 is 0 Å². The van der Waals surface area contributed by atoms with Gasteiger partial charge in [0, 0.05) is 12.8 Å². The number of hydrogen-bond acceptors (Lipinski definition) is 4. The molecule has 1 aromatic carbocycles. The third-order valence-electron chi connectivity index (χ3n) is 4.63. The number of hydrogen-bond donors (Lipinski definition) is 1. The Bertz CT molecular complexity index is 780. The maximum Gasteiger partial charge on any atom is 0.201 e. The summed E-state index contributed by atoms with van der Waals surface area (Å²) in [5.74, 6) is 1.67. The van der Waals surface area contributed by atoms with Crippen LogP contribution in [0, 0.1) is 11.8 Å². The minimum atomic E-state index is -3.30. The van der Waals surface area contributed by atoms with E-state index in [2.05, 4.69) is 11.9 Å². The number of rotatable bonds is 3. The number of sulfone groups is 1. The van der Waals surface area contributed by atoms with Crippen LogP contribution in [0.3, 0.4) is 0 Å². The SMILES string of the molecule is CC1CCCC1Cn1c(N)nc2c(S(C)(=O)=O)cccc21. The van der Waals surface area contributed by atoms with E-state index in [1.165, 1.54) is 25.5 Å². The van der Waals surface area contributed by atoms with Gasteiger partial charge in [-0.15, -0.1) is 0 Å².